The number of hydrogen-bond acceptors (Lipinski definition) is 7. The monoisotopic (exact) mass is 582 g/mol. The highest BCUT2D eigenvalue weighted by molar-refractivity contribution is 7.89. The summed E-state index contributed by atoms with van der Waals surface area (Å²) in [6.45, 7) is 0.484. The molecule has 0 unspecified atom stereocenters. The minimum atomic E-state index is -3.90. The van der Waals surface area contributed by atoms with Gasteiger partial charge in [0.25, 0.3) is 0 Å². The number of halogens is 1. The molecule has 40 heavy (non-hydrogen) atoms. The Bertz CT molecular complexity index is 1560. The number of carbonyl (C=O) groups excluding carboxylic acids is 1. The molecule has 1 saturated carbocycles. The lowest BCUT2D eigenvalue weighted by Crippen LogP contribution is -2.46. The number of para-hydroxylation sites is 1. The van der Waals surface area contributed by atoms with E-state index in [2.05, 4.69) is 4.90 Å². The Morgan fingerprint density at radius 1 is 1.02 bits per heavy atom. The summed E-state index contributed by atoms with van der Waals surface area (Å²) in [6.07, 6.45) is 5.41. The van der Waals surface area contributed by atoms with Gasteiger partial charge in [-0.15, -0.1) is 0 Å². The Balaban J connectivity index is 1.54. The third kappa shape index (κ3) is 4.60. The van der Waals surface area contributed by atoms with Crippen molar-refractivity contribution in [2.24, 2.45) is 5.92 Å². The summed E-state index contributed by atoms with van der Waals surface area (Å²) >= 11 is 6.91. The summed E-state index contributed by atoms with van der Waals surface area (Å²) in [5.74, 6) is 0.333. The highest BCUT2D eigenvalue weighted by Gasteiger charge is 2.41. The topological polar surface area (TPSA) is 85.4 Å². The van der Waals surface area contributed by atoms with Gasteiger partial charge in [-0.1, -0.05) is 49.1 Å². The van der Waals surface area contributed by atoms with Crippen LogP contribution in [0.4, 0.5) is 11.4 Å². The number of rotatable bonds is 4. The van der Waals surface area contributed by atoms with Gasteiger partial charge in [0.1, 0.15) is 10.5 Å². The van der Waals surface area contributed by atoms with Crippen LogP contribution < -0.4 is 14.4 Å². The van der Waals surface area contributed by atoms with Gasteiger partial charge in [0.05, 0.1) is 17.8 Å². The van der Waals surface area contributed by atoms with E-state index in [4.69, 9.17) is 25.8 Å². The number of likely N-dealkylation sites (N-methyl/N-ethyl adjacent to an activating group) is 1. The van der Waals surface area contributed by atoms with E-state index in [1.807, 2.05) is 30.3 Å². The second-order valence-electron chi connectivity index (χ2n) is 10.5. The van der Waals surface area contributed by atoms with E-state index in [0.29, 0.717) is 39.9 Å². The summed E-state index contributed by atoms with van der Waals surface area (Å²) in [5, 5.41) is 0.350. The third-order valence-corrected chi connectivity index (χ3v) is 10.5. The van der Waals surface area contributed by atoms with Crippen LogP contribution in [-0.4, -0.2) is 52.2 Å². The quantitative estimate of drug-likeness (QED) is 0.336. The molecule has 1 fully saturated rings. The van der Waals surface area contributed by atoms with Gasteiger partial charge in [-0.3, -0.25) is 0 Å². The predicted octanol–water partition coefficient (Wildman–Crippen LogP) is 6.24. The van der Waals surface area contributed by atoms with Crippen LogP contribution in [0.1, 0.15) is 42.5 Å². The molecule has 2 aliphatic heterocycles. The molecule has 0 aromatic heterocycles. The molecule has 0 saturated heterocycles. The number of benzene rings is 3. The average molecular weight is 583 g/mol. The van der Waals surface area contributed by atoms with E-state index in [-0.39, 0.29) is 29.2 Å². The zero-order valence-electron chi connectivity index (χ0n) is 22.4. The van der Waals surface area contributed by atoms with E-state index >= 15 is 0 Å². The molecule has 3 aromatic carbocycles. The van der Waals surface area contributed by atoms with Crippen LogP contribution >= 0.6 is 11.6 Å². The average Bonchev–Trinajstić information content (AvgIpc) is 3.43. The molecular formula is C30H31ClN2O6S. The van der Waals surface area contributed by atoms with Gasteiger partial charge in [-0.2, -0.15) is 4.31 Å². The minimum absolute atomic E-state index is 0.0333. The van der Waals surface area contributed by atoms with E-state index in [1.165, 1.54) is 13.5 Å². The van der Waals surface area contributed by atoms with E-state index < -0.39 is 16.0 Å². The Morgan fingerprint density at radius 3 is 2.50 bits per heavy atom. The normalized spacial score (nSPS) is 20.6. The van der Waals surface area contributed by atoms with Crippen molar-refractivity contribution in [3.8, 4) is 22.6 Å². The Morgan fingerprint density at radius 2 is 1.77 bits per heavy atom. The van der Waals surface area contributed by atoms with Crippen molar-refractivity contribution >= 4 is 39.0 Å². The number of carbonyl (C=O) groups is 1. The first-order valence-electron chi connectivity index (χ1n) is 13.5. The van der Waals surface area contributed by atoms with E-state index in [0.717, 1.165) is 31.4 Å². The fourth-order valence-electron chi connectivity index (χ4n) is 6.16. The van der Waals surface area contributed by atoms with Crippen molar-refractivity contribution in [2.75, 3.05) is 32.4 Å². The van der Waals surface area contributed by atoms with Gasteiger partial charge in [-0.05, 0) is 60.7 Å². The van der Waals surface area contributed by atoms with E-state index in [9.17, 15) is 13.2 Å². The predicted molar refractivity (Wildman–Crippen MR) is 153 cm³/mol. The molecule has 0 bridgehead atoms. The second-order valence-corrected chi connectivity index (χ2v) is 12.9. The molecule has 10 heteroatoms. The number of methoxy groups -OCH3 is 1. The minimum Gasteiger partial charge on any atom is -0.465 e. The number of hydrogen-bond donors (Lipinski definition) is 0. The smallest absolute Gasteiger partial charge is 0.341 e. The summed E-state index contributed by atoms with van der Waals surface area (Å²) in [6, 6.07) is 16.3. The number of nitrogens with zero attached hydrogens (tertiary/aromatic N) is 2. The van der Waals surface area contributed by atoms with Crippen molar-refractivity contribution in [1.29, 1.82) is 0 Å². The summed E-state index contributed by atoms with van der Waals surface area (Å²) in [4.78, 5) is 14.8. The highest BCUT2D eigenvalue weighted by atomic mass is 35.5. The van der Waals surface area contributed by atoms with Gasteiger partial charge >= 0.3 is 5.97 Å². The number of ether oxygens (including phenoxy) is 3. The van der Waals surface area contributed by atoms with Crippen LogP contribution in [0.2, 0.25) is 5.02 Å². The maximum Gasteiger partial charge on any atom is 0.341 e. The molecule has 8 nitrogen and oxygen atoms in total. The molecular weight excluding hydrogens is 552 g/mol. The van der Waals surface area contributed by atoms with Gasteiger partial charge in [0.2, 0.25) is 16.8 Å². The first-order valence-corrected chi connectivity index (χ1v) is 15.3. The van der Waals surface area contributed by atoms with Gasteiger partial charge in [0, 0.05) is 30.9 Å². The van der Waals surface area contributed by atoms with Crippen molar-refractivity contribution in [2.45, 2.75) is 43.0 Å². The molecule has 3 aromatic rings. The molecule has 6 rings (SSSR count). The zero-order chi connectivity index (χ0) is 28.0. The Hall–Kier alpha value is -3.27. The number of anilines is 2. The van der Waals surface area contributed by atoms with E-state index in [1.54, 1.807) is 35.6 Å². The Labute approximate surface area is 239 Å². The van der Waals surface area contributed by atoms with Gasteiger partial charge < -0.3 is 19.1 Å². The summed E-state index contributed by atoms with van der Waals surface area (Å²) in [5.41, 5.74) is 2.59. The van der Waals surface area contributed by atoms with Crippen LogP contribution in [0.25, 0.3) is 11.1 Å². The fraction of sp³-hybridized carbons (Fsp3) is 0.367. The fourth-order valence-corrected chi connectivity index (χ4v) is 8.03. The van der Waals surface area contributed by atoms with Crippen molar-refractivity contribution < 1.29 is 27.4 Å². The van der Waals surface area contributed by atoms with Crippen molar-refractivity contribution in [3.63, 3.8) is 0 Å². The molecule has 0 amide bonds. The highest BCUT2D eigenvalue weighted by Crippen LogP contribution is 2.47. The maximum atomic E-state index is 14.3. The van der Waals surface area contributed by atoms with Gasteiger partial charge in [0.15, 0.2) is 11.5 Å². The zero-order valence-corrected chi connectivity index (χ0v) is 24.0. The number of esters is 1. The summed E-state index contributed by atoms with van der Waals surface area (Å²) < 4.78 is 46.2. The molecule has 0 spiro atoms. The van der Waals surface area contributed by atoms with Crippen molar-refractivity contribution in [1.82, 2.24) is 4.31 Å². The lowest BCUT2D eigenvalue weighted by Gasteiger charge is -2.36. The summed E-state index contributed by atoms with van der Waals surface area (Å²) in [7, 11) is -0.922. The molecule has 210 valence electrons. The maximum absolute atomic E-state index is 14.3. The molecule has 3 aliphatic rings. The molecule has 1 aliphatic carbocycles. The second kappa shape index (κ2) is 10.6. The standard InChI is InChI=1S/C30H31ClN2O6S/c1-32-26(19-9-5-3-6-10-19)17-33(21-11-7-4-8-12-21)25-16-24(31)22(15-28(25)40(32,35)36)20-13-23(30(34)37-2)29-27(14-20)38-18-39-29/h4,7-8,11-16,19,26H,3,5-6,9-10,17-18H2,1-2H3/t26-/m0/s1. The molecule has 0 radical (unpaired) electrons. The molecule has 0 N–H and O–H groups in total. The largest absolute Gasteiger partial charge is 0.465 e. The van der Waals surface area contributed by atoms with Crippen LogP contribution in [-0.2, 0) is 14.8 Å². The lowest BCUT2D eigenvalue weighted by molar-refractivity contribution is 0.0596. The molecule has 1 atom stereocenters. The number of sulfonamides is 1. The van der Waals surface area contributed by atoms with Crippen LogP contribution in [0.5, 0.6) is 11.5 Å². The third-order valence-electron chi connectivity index (χ3n) is 8.28. The lowest BCUT2D eigenvalue weighted by atomic mass is 9.83. The molecule has 2 heterocycles. The van der Waals surface area contributed by atoms with Crippen LogP contribution in [0.15, 0.2) is 59.5 Å². The van der Waals surface area contributed by atoms with Gasteiger partial charge in [-0.25, -0.2) is 13.2 Å². The number of fused-ring (bicyclic) bond motifs is 2. The SMILES string of the molecule is COC(=O)c1cc(-c2cc3c(cc2Cl)N(c2ccccc2)C[C@@H](C2CCCCC2)N(C)S3(=O)=O)cc2c1OCO2. The first-order chi connectivity index (χ1) is 19.3. The Kier molecular flexibility index (Phi) is 7.14. The van der Waals surface area contributed by atoms with Crippen LogP contribution in [0.3, 0.4) is 0 Å². The van der Waals surface area contributed by atoms with Crippen LogP contribution in [0, 0.1) is 5.92 Å². The first kappa shape index (κ1) is 26.9. The van der Waals surface area contributed by atoms with Crippen molar-refractivity contribution in [3.05, 3.63) is 65.2 Å².